The summed E-state index contributed by atoms with van der Waals surface area (Å²) in [5.41, 5.74) is 3.80. The molecule has 3 rings (SSSR count). The van der Waals surface area contributed by atoms with Gasteiger partial charge in [0.05, 0.1) is 11.4 Å². The van der Waals surface area contributed by atoms with Gasteiger partial charge in [0, 0.05) is 36.3 Å². The average molecular weight is 305 g/mol. The summed E-state index contributed by atoms with van der Waals surface area (Å²) in [5.74, 6) is 0.387. The van der Waals surface area contributed by atoms with E-state index in [1.807, 2.05) is 11.2 Å². The molecule has 0 unspecified atom stereocenters. The average Bonchev–Trinajstić information content (AvgIpc) is 2.91. The van der Waals surface area contributed by atoms with Crippen molar-refractivity contribution >= 4 is 17.7 Å². The number of halogens is 1. The summed E-state index contributed by atoms with van der Waals surface area (Å²) in [7, 11) is 0. The predicted molar refractivity (Wildman–Crippen MR) is 81.5 cm³/mol. The second-order valence-electron chi connectivity index (χ2n) is 5.03. The second-order valence-corrected chi connectivity index (χ2v) is 5.90. The Balaban J connectivity index is 1.89. The number of thioether (sulfide) groups is 1. The van der Waals surface area contributed by atoms with Gasteiger partial charge in [0.25, 0.3) is 0 Å². The van der Waals surface area contributed by atoms with Crippen LogP contribution >= 0.6 is 11.8 Å². The maximum Gasteiger partial charge on any atom is 0.232 e. The van der Waals surface area contributed by atoms with Gasteiger partial charge in [-0.05, 0) is 30.5 Å². The fraction of sp³-hybridized carbons (Fsp3) is 0.333. The minimum absolute atomic E-state index is 0.152. The molecule has 0 fully saturated rings. The Labute approximate surface area is 126 Å². The molecule has 21 heavy (non-hydrogen) atoms. The van der Waals surface area contributed by atoms with E-state index in [-0.39, 0.29) is 11.7 Å². The summed E-state index contributed by atoms with van der Waals surface area (Å²) in [6.45, 7) is 1.29. The van der Waals surface area contributed by atoms with Crippen LogP contribution < -0.4 is 0 Å². The molecule has 0 spiro atoms. The maximum atomic E-state index is 13.0. The second kappa shape index (κ2) is 5.89. The molecule has 6 heteroatoms. The van der Waals surface area contributed by atoms with E-state index in [0.29, 0.717) is 12.3 Å². The van der Waals surface area contributed by atoms with Gasteiger partial charge in [0.15, 0.2) is 0 Å². The number of carbonyl (C=O) groups is 1. The third-order valence-electron chi connectivity index (χ3n) is 3.67. The molecule has 0 radical (unpaired) electrons. The van der Waals surface area contributed by atoms with Crippen LogP contribution in [0.4, 0.5) is 4.39 Å². The van der Waals surface area contributed by atoms with Crippen molar-refractivity contribution in [2.24, 2.45) is 0 Å². The molecule has 1 aliphatic rings. The monoisotopic (exact) mass is 305 g/mol. The molecule has 4 nitrogen and oxygen atoms in total. The van der Waals surface area contributed by atoms with Gasteiger partial charge in [-0.1, -0.05) is 0 Å². The lowest BCUT2D eigenvalue weighted by molar-refractivity contribution is -0.129. The quantitative estimate of drug-likeness (QED) is 0.947. The largest absolute Gasteiger partial charge is 0.337 e. The van der Waals surface area contributed by atoms with Crippen molar-refractivity contribution in [3.63, 3.8) is 0 Å². The Bertz CT molecular complexity index is 653. The highest BCUT2D eigenvalue weighted by Crippen LogP contribution is 2.28. The molecule has 0 saturated heterocycles. The van der Waals surface area contributed by atoms with Crippen LogP contribution in [0, 0.1) is 5.82 Å². The van der Waals surface area contributed by atoms with E-state index in [1.165, 1.54) is 23.9 Å². The van der Waals surface area contributed by atoms with Gasteiger partial charge in [-0.3, -0.25) is 9.89 Å². The molecule has 2 aromatic rings. The number of aromatic nitrogens is 2. The molecular weight excluding hydrogens is 289 g/mol. The van der Waals surface area contributed by atoms with Crippen LogP contribution in [0.2, 0.25) is 0 Å². The van der Waals surface area contributed by atoms with E-state index < -0.39 is 0 Å². The Morgan fingerprint density at radius 2 is 2.19 bits per heavy atom. The number of amides is 1. The Hall–Kier alpha value is -1.82. The van der Waals surface area contributed by atoms with E-state index >= 15 is 0 Å². The molecule has 0 bridgehead atoms. The highest BCUT2D eigenvalue weighted by atomic mass is 32.2. The maximum absolute atomic E-state index is 13.0. The summed E-state index contributed by atoms with van der Waals surface area (Å²) in [4.78, 5) is 13.9. The van der Waals surface area contributed by atoms with Gasteiger partial charge in [0.1, 0.15) is 5.82 Å². The van der Waals surface area contributed by atoms with Crippen molar-refractivity contribution < 1.29 is 9.18 Å². The SMILES string of the molecule is CSCC(=O)N1CCc2[nH]nc(-c3ccc(F)cc3)c2C1. The summed E-state index contributed by atoms with van der Waals surface area (Å²) in [6, 6.07) is 6.29. The number of carbonyl (C=O) groups excluding carboxylic acids is 1. The lowest BCUT2D eigenvalue weighted by Gasteiger charge is -2.27. The van der Waals surface area contributed by atoms with Gasteiger partial charge < -0.3 is 4.90 Å². The first-order valence-corrected chi connectivity index (χ1v) is 8.17. The summed E-state index contributed by atoms with van der Waals surface area (Å²) < 4.78 is 13.0. The van der Waals surface area contributed by atoms with Gasteiger partial charge in [0.2, 0.25) is 5.91 Å². The van der Waals surface area contributed by atoms with Crippen molar-refractivity contribution in [1.29, 1.82) is 0 Å². The number of benzene rings is 1. The van der Waals surface area contributed by atoms with Crippen molar-refractivity contribution in [1.82, 2.24) is 15.1 Å². The zero-order chi connectivity index (χ0) is 14.8. The van der Waals surface area contributed by atoms with Crippen molar-refractivity contribution in [2.45, 2.75) is 13.0 Å². The molecular formula is C15H16FN3OS. The van der Waals surface area contributed by atoms with Gasteiger partial charge >= 0.3 is 0 Å². The van der Waals surface area contributed by atoms with Gasteiger partial charge in [-0.15, -0.1) is 0 Å². The van der Waals surface area contributed by atoms with E-state index in [1.54, 1.807) is 12.1 Å². The number of rotatable bonds is 3. The summed E-state index contributed by atoms with van der Waals surface area (Å²) in [5, 5.41) is 7.39. The Morgan fingerprint density at radius 3 is 2.90 bits per heavy atom. The number of hydrogen-bond donors (Lipinski definition) is 1. The third-order valence-corrected chi connectivity index (χ3v) is 4.21. The number of aromatic amines is 1. The smallest absolute Gasteiger partial charge is 0.232 e. The Morgan fingerprint density at radius 1 is 1.43 bits per heavy atom. The fourth-order valence-electron chi connectivity index (χ4n) is 2.57. The molecule has 1 aromatic carbocycles. The van der Waals surface area contributed by atoms with Crippen LogP contribution in [0.3, 0.4) is 0 Å². The number of nitrogens with zero attached hydrogens (tertiary/aromatic N) is 2. The first kappa shape index (κ1) is 14.1. The zero-order valence-electron chi connectivity index (χ0n) is 11.7. The standard InChI is InChI=1S/C15H16FN3OS/c1-21-9-14(20)19-7-6-13-12(8-19)15(18-17-13)10-2-4-11(16)5-3-10/h2-5H,6-9H2,1H3,(H,17,18). The minimum Gasteiger partial charge on any atom is -0.337 e. The van der Waals surface area contributed by atoms with Crippen molar-refractivity contribution in [3.05, 3.63) is 41.3 Å². The molecule has 0 aliphatic carbocycles. The minimum atomic E-state index is -0.264. The zero-order valence-corrected chi connectivity index (χ0v) is 12.5. The number of H-pyrrole nitrogens is 1. The number of hydrogen-bond acceptors (Lipinski definition) is 3. The molecule has 0 atom stereocenters. The number of nitrogens with one attached hydrogen (secondary N) is 1. The lowest BCUT2D eigenvalue weighted by atomic mass is 10.0. The molecule has 2 heterocycles. The van der Waals surface area contributed by atoms with Crippen LogP contribution in [-0.4, -0.2) is 39.6 Å². The topological polar surface area (TPSA) is 49.0 Å². The van der Waals surface area contributed by atoms with Crippen LogP contribution in [-0.2, 0) is 17.8 Å². The van der Waals surface area contributed by atoms with E-state index in [9.17, 15) is 9.18 Å². The molecule has 110 valence electrons. The fourth-order valence-corrected chi connectivity index (χ4v) is 3.00. The molecule has 0 saturated carbocycles. The van der Waals surface area contributed by atoms with Crippen LogP contribution in [0.1, 0.15) is 11.3 Å². The van der Waals surface area contributed by atoms with Gasteiger partial charge in [-0.25, -0.2) is 4.39 Å². The lowest BCUT2D eigenvalue weighted by Crippen LogP contribution is -2.37. The van der Waals surface area contributed by atoms with Gasteiger partial charge in [-0.2, -0.15) is 16.9 Å². The predicted octanol–water partition coefficient (Wildman–Crippen LogP) is 2.46. The summed E-state index contributed by atoms with van der Waals surface area (Å²) >= 11 is 1.53. The third kappa shape index (κ3) is 2.81. The van der Waals surface area contributed by atoms with Crippen molar-refractivity contribution in [3.8, 4) is 11.3 Å². The van der Waals surface area contributed by atoms with Crippen LogP contribution in [0.25, 0.3) is 11.3 Å². The van der Waals surface area contributed by atoms with E-state index in [2.05, 4.69) is 10.2 Å². The highest BCUT2D eigenvalue weighted by molar-refractivity contribution is 7.99. The molecule has 1 aromatic heterocycles. The van der Waals surface area contributed by atoms with E-state index in [0.717, 1.165) is 35.5 Å². The molecule has 1 N–H and O–H groups in total. The highest BCUT2D eigenvalue weighted by Gasteiger charge is 2.25. The molecule has 1 amide bonds. The van der Waals surface area contributed by atoms with E-state index in [4.69, 9.17) is 0 Å². The normalized spacial score (nSPS) is 14.1. The van der Waals surface area contributed by atoms with Crippen LogP contribution in [0.15, 0.2) is 24.3 Å². The van der Waals surface area contributed by atoms with Crippen LogP contribution in [0.5, 0.6) is 0 Å². The first-order chi connectivity index (χ1) is 10.2. The summed E-state index contributed by atoms with van der Waals surface area (Å²) in [6.07, 6.45) is 2.71. The Kier molecular flexibility index (Phi) is 3.96. The van der Waals surface area contributed by atoms with Crippen molar-refractivity contribution in [2.75, 3.05) is 18.6 Å². The molecule has 1 aliphatic heterocycles. The number of fused-ring (bicyclic) bond motifs is 1. The first-order valence-electron chi connectivity index (χ1n) is 6.78.